The quantitative estimate of drug-likeness (QED) is 0.813. The van der Waals surface area contributed by atoms with E-state index in [1.807, 2.05) is 12.1 Å². The molecule has 0 N–H and O–H groups in total. The van der Waals surface area contributed by atoms with Crippen LogP contribution in [0.1, 0.15) is 26.3 Å². The van der Waals surface area contributed by atoms with Gasteiger partial charge in [-0.15, -0.1) is 0 Å². The van der Waals surface area contributed by atoms with E-state index in [4.69, 9.17) is 4.74 Å². The van der Waals surface area contributed by atoms with Crippen molar-refractivity contribution in [3.05, 3.63) is 28.2 Å². The number of sulfonamides is 1. The molecule has 0 bridgehead atoms. The van der Waals surface area contributed by atoms with Crippen molar-refractivity contribution in [2.45, 2.75) is 31.1 Å². The van der Waals surface area contributed by atoms with Gasteiger partial charge in [0.1, 0.15) is 0 Å². The van der Waals surface area contributed by atoms with Crippen molar-refractivity contribution in [2.24, 2.45) is 0 Å². The van der Waals surface area contributed by atoms with Crippen LogP contribution in [-0.2, 0) is 20.2 Å². The maximum absolute atomic E-state index is 12.7. The lowest BCUT2D eigenvalue weighted by atomic mass is 9.87. The lowest BCUT2D eigenvalue weighted by molar-refractivity contribution is 0.0730. The van der Waals surface area contributed by atoms with Gasteiger partial charge in [-0.2, -0.15) is 4.31 Å². The fraction of sp³-hybridized carbons (Fsp3) is 0.571. The Bertz CT molecular complexity index is 587. The van der Waals surface area contributed by atoms with Gasteiger partial charge in [-0.3, -0.25) is 0 Å². The molecule has 112 valence electrons. The standard InChI is InChI=1S/C14H20BrNO3S/c1-14(2,3)11-4-5-12(15)13(10-11)20(17,18)16-6-8-19-9-7-16/h4-5,10H,6-9H2,1-3H3. The van der Waals surface area contributed by atoms with Crippen LogP contribution in [0.4, 0.5) is 0 Å². The van der Waals surface area contributed by atoms with Crippen molar-refractivity contribution in [1.82, 2.24) is 4.31 Å². The molecule has 20 heavy (non-hydrogen) atoms. The van der Waals surface area contributed by atoms with Crippen LogP contribution in [0.3, 0.4) is 0 Å². The van der Waals surface area contributed by atoms with Gasteiger partial charge in [-0.25, -0.2) is 8.42 Å². The van der Waals surface area contributed by atoms with Crippen LogP contribution in [0.2, 0.25) is 0 Å². The summed E-state index contributed by atoms with van der Waals surface area (Å²) in [5, 5.41) is 0. The highest BCUT2D eigenvalue weighted by atomic mass is 79.9. The molecule has 0 saturated carbocycles. The molecule has 0 amide bonds. The summed E-state index contributed by atoms with van der Waals surface area (Å²) in [6.07, 6.45) is 0. The van der Waals surface area contributed by atoms with Crippen molar-refractivity contribution in [2.75, 3.05) is 26.3 Å². The monoisotopic (exact) mass is 361 g/mol. The van der Waals surface area contributed by atoms with Gasteiger partial charge in [-0.1, -0.05) is 26.8 Å². The van der Waals surface area contributed by atoms with Gasteiger partial charge in [-0.05, 0) is 39.0 Å². The Morgan fingerprint density at radius 1 is 1.20 bits per heavy atom. The fourth-order valence-corrected chi connectivity index (χ4v) is 4.45. The smallest absolute Gasteiger partial charge is 0.244 e. The molecule has 1 heterocycles. The van der Waals surface area contributed by atoms with Crippen LogP contribution < -0.4 is 0 Å². The average molecular weight is 362 g/mol. The second kappa shape index (κ2) is 5.75. The fourth-order valence-electron chi connectivity index (χ4n) is 2.09. The van der Waals surface area contributed by atoms with Crippen LogP contribution in [0, 0.1) is 0 Å². The minimum Gasteiger partial charge on any atom is -0.379 e. The molecule has 1 aliphatic rings. The highest BCUT2D eigenvalue weighted by Crippen LogP contribution is 2.31. The summed E-state index contributed by atoms with van der Waals surface area (Å²) < 4.78 is 32.8. The van der Waals surface area contributed by atoms with E-state index in [1.54, 1.807) is 6.07 Å². The molecule has 2 rings (SSSR count). The van der Waals surface area contributed by atoms with E-state index >= 15 is 0 Å². The van der Waals surface area contributed by atoms with Crippen molar-refractivity contribution in [3.8, 4) is 0 Å². The molecule has 0 spiro atoms. The molecular weight excluding hydrogens is 342 g/mol. The van der Waals surface area contributed by atoms with E-state index in [2.05, 4.69) is 36.7 Å². The first-order chi connectivity index (χ1) is 9.23. The topological polar surface area (TPSA) is 46.6 Å². The Hall–Kier alpha value is -0.430. The highest BCUT2D eigenvalue weighted by molar-refractivity contribution is 9.10. The Balaban J connectivity index is 2.45. The van der Waals surface area contributed by atoms with E-state index in [0.717, 1.165) is 5.56 Å². The zero-order chi connectivity index (χ0) is 15.0. The molecule has 0 aliphatic carbocycles. The van der Waals surface area contributed by atoms with Crippen LogP contribution >= 0.6 is 15.9 Å². The third-order valence-electron chi connectivity index (χ3n) is 3.39. The van der Waals surface area contributed by atoms with Crippen molar-refractivity contribution in [1.29, 1.82) is 0 Å². The Labute approximate surface area is 129 Å². The van der Waals surface area contributed by atoms with Gasteiger partial charge in [0.2, 0.25) is 10.0 Å². The van der Waals surface area contributed by atoms with Crippen LogP contribution in [0.5, 0.6) is 0 Å². The zero-order valence-corrected chi connectivity index (χ0v) is 14.4. The van der Waals surface area contributed by atoms with Crippen molar-refractivity contribution < 1.29 is 13.2 Å². The van der Waals surface area contributed by atoms with Gasteiger partial charge in [0.25, 0.3) is 0 Å². The molecule has 0 unspecified atom stereocenters. The van der Waals surface area contributed by atoms with Gasteiger partial charge in [0, 0.05) is 17.6 Å². The van der Waals surface area contributed by atoms with E-state index in [9.17, 15) is 8.42 Å². The number of hydrogen-bond donors (Lipinski definition) is 0. The second-order valence-corrected chi connectivity index (χ2v) is 8.67. The molecule has 1 fully saturated rings. The molecule has 1 aliphatic heterocycles. The summed E-state index contributed by atoms with van der Waals surface area (Å²) in [6, 6.07) is 5.55. The summed E-state index contributed by atoms with van der Waals surface area (Å²) >= 11 is 3.36. The summed E-state index contributed by atoms with van der Waals surface area (Å²) in [6.45, 7) is 7.94. The molecule has 1 aromatic carbocycles. The second-order valence-electron chi connectivity index (χ2n) is 5.91. The number of benzene rings is 1. The van der Waals surface area contributed by atoms with Crippen LogP contribution in [0.15, 0.2) is 27.6 Å². The third-order valence-corrected chi connectivity index (χ3v) is 6.28. The zero-order valence-electron chi connectivity index (χ0n) is 12.0. The predicted octanol–water partition coefficient (Wildman–Crippen LogP) is 2.77. The first-order valence-corrected chi connectivity index (χ1v) is 8.84. The SMILES string of the molecule is CC(C)(C)c1ccc(Br)c(S(=O)(=O)N2CCOCC2)c1. The van der Waals surface area contributed by atoms with Crippen LogP contribution in [0.25, 0.3) is 0 Å². The Kier molecular flexibility index (Phi) is 4.59. The molecule has 6 heteroatoms. The number of halogens is 1. The van der Waals surface area contributed by atoms with Crippen LogP contribution in [-0.4, -0.2) is 39.0 Å². The highest BCUT2D eigenvalue weighted by Gasteiger charge is 2.29. The summed E-state index contributed by atoms with van der Waals surface area (Å²) in [5.74, 6) is 0. The molecular formula is C14H20BrNO3S. The molecule has 0 radical (unpaired) electrons. The number of morpholine rings is 1. The first kappa shape index (κ1) is 15.9. The van der Waals surface area contributed by atoms with E-state index in [-0.39, 0.29) is 5.41 Å². The molecule has 1 aromatic rings. The van der Waals surface area contributed by atoms with Gasteiger partial charge in [0.05, 0.1) is 18.1 Å². The van der Waals surface area contributed by atoms with Crippen molar-refractivity contribution >= 4 is 26.0 Å². The maximum atomic E-state index is 12.7. The van der Waals surface area contributed by atoms with E-state index in [1.165, 1.54) is 4.31 Å². The summed E-state index contributed by atoms with van der Waals surface area (Å²) in [4.78, 5) is 0.340. The molecule has 1 saturated heterocycles. The summed E-state index contributed by atoms with van der Waals surface area (Å²) in [7, 11) is -3.47. The maximum Gasteiger partial charge on any atom is 0.244 e. The minimum atomic E-state index is -3.47. The number of nitrogens with zero attached hydrogens (tertiary/aromatic N) is 1. The third kappa shape index (κ3) is 3.24. The largest absolute Gasteiger partial charge is 0.379 e. The molecule has 0 aromatic heterocycles. The average Bonchev–Trinajstić information content (AvgIpc) is 2.38. The number of hydrogen-bond acceptors (Lipinski definition) is 3. The first-order valence-electron chi connectivity index (χ1n) is 6.61. The van der Waals surface area contributed by atoms with E-state index < -0.39 is 10.0 Å². The van der Waals surface area contributed by atoms with Gasteiger partial charge < -0.3 is 4.74 Å². The lowest BCUT2D eigenvalue weighted by Gasteiger charge is -2.27. The predicted molar refractivity (Wildman–Crippen MR) is 82.4 cm³/mol. The van der Waals surface area contributed by atoms with Gasteiger partial charge >= 0.3 is 0 Å². The van der Waals surface area contributed by atoms with Gasteiger partial charge in [0.15, 0.2) is 0 Å². The Morgan fingerprint density at radius 3 is 2.35 bits per heavy atom. The number of rotatable bonds is 2. The normalized spacial score (nSPS) is 18.2. The lowest BCUT2D eigenvalue weighted by Crippen LogP contribution is -2.40. The van der Waals surface area contributed by atoms with Crippen molar-refractivity contribution in [3.63, 3.8) is 0 Å². The number of ether oxygens (including phenoxy) is 1. The molecule has 0 atom stereocenters. The Morgan fingerprint density at radius 2 is 1.80 bits per heavy atom. The minimum absolute atomic E-state index is 0.0873. The summed E-state index contributed by atoms with van der Waals surface area (Å²) in [5.41, 5.74) is 0.920. The molecule has 4 nitrogen and oxygen atoms in total. The van der Waals surface area contributed by atoms with E-state index in [0.29, 0.717) is 35.7 Å².